The van der Waals surface area contributed by atoms with E-state index in [1.807, 2.05) is 25.2 Å². The zero-order chi connectivity index (χ0) is 16.1. The average Bonchev–Trinajstić information content (AvgIpc) is 2.44. The number of aliphatic hydroxyl groups is 1. The molecule has 118 valence electrons. The summed E-state index contributed by atoms with van der Waals surface area (Å²) in [6.45, 7) is 3.32. The van der Waals surface area contributed by atoms with Gasteiger partial charge in [-0.3, -0.25) is 9.69 Å². The maximum absolute atomic E-state index is 11.7. The van der Waals surface area contributed by atoms with Crippen LogP contribution in [0.5, 0.6) is 5.75 Å². The van der Waals surface area contributed by atoms with E-state index < -0.39 is 11.5 Å². The van der Waals surface area contributed by atoms with Gasteiger partial charge in [-0.15, -0.1) is 0 Å². The van der Waals surface area contributed by atoms with Crippen molar-refractivity contribution in [1.29, 1.82) is 0 Å². The molecular weight excluding hydrogens is 280 g/mol. The molecule has 0 fully saturated rings. The fourth-order valence-electron chi connectivity index (χ4n) is 2.42. The monoisotopic (exact) mass is 302 g/mol. The number of benzene rings is 1. The van der Waals surface area contributed by atoms with Gasteiger partial charge in [0.15, 0.2) is 5.75 Å². The number of aromatic nitrogens is 1. The number of aromatic hydroxyl groups is 1. The number of hydrogen-bond donors (Lipinski definition) is 2. The molecule has 0 saturated carbocycles. The molecule has 0 bridgehead atoms. The highest BCUT2D eigenvalue weighted by Crippen LogP contribution is 2.11. The third-order valence-corrected chi connectivity index (χ3v) is 3.39. The third-order valence-electron chi connectivity index (χ3n) is 3.39. The lowest BCUT2D eigenvalue weighted by Crippen LogP contribution is -2.24. The second-order valence-corrected chi connectivity index (χ2v) is 5.67. The highest BCUT2D eigenvalue weighted by atomic mass is 16.3. The molecule has 5 nitrogen and oxygen atoms in total. The van der Waals surface area contributed by atoms with Gasteiger partial charge in [0.25, 0.3) is 0 Å². The van der Waals surface area contributed by atoms with E-state index >= 15 is 0 Å². The summed E-state index contributed by atoms with van der Waals surface area (Å²) < 4.78 is 1.73. The molecule has 2 aromatic rings. The predicted molar refractivity (Wildman–Crippen MR) is 85.7 cm³/mol. The van der Waals surface area contributed by atoms with Gasteiger partial charge in [0.05, 0.1) is 12.3 Å². The molecule has 0 aliphatic carbocycles. The Morgan fingerprint density at radius 2 is 1.91 bits per heavy atom. The second-order valence-electron chi connectivity index (χ2n) is 5.67. The first-order chi connectivity index (χ1) is 10.5. The molecule has 5 heteroatoms. The van der Waals surface area contributed by atoms with Gasteiger partial charge in [0.2, 0.25) is 5.43 Å². The van der Waals surface area contributed by atoms with Crippen molar-refractivity contribution in [3.63, 3.8) is 0 Å². The van der Waals surface area contributed by atoms with Crippen molar-refractivity contribution in [3.05, 3.63) is 64.1 Å². The minimum absolute atomic E-state index is 0.296. The first kappa shape index (κ1) is 16.3. The smallest absolute Gasteiger partial charge is 0.223 e. The fourth-order valence-corrected chi connectivity index (χ4v) is 2.42. The topological polar surface area (TPSA) is 65.7 Å². The van der Waals surface area contributed by atoms with Crippen LogP contribution in [0.15, 0.2) is 47.4 Å². The standard InChI is InChI=1S/C17H22N2O3/c1-13(20)9-19-12-17(22)16(21)8-15(19)11-18(2)10-14-6-4-3-5-7-14/h3-8,12-13,20,22H,9-11H2,1-2H3. The molecule has 0 amide bonds. The van der Waals surface area contributed by atoms with Crippen LogP contribution in [0.25, 0.3) is 0 Å². The molecule has 0 radical (unpaired) electrons. The van der Waals surface area contributed by atoms with Crippen LogP contribution in [-0.2, 0) is 19.6 Å². The highest BCUT2D eigenvalue weighted by molar-refractivity contribution is 5.21. The van der Waals surface area contributed by atoms with Gasteiger partial charge >= 0.3 is 0 Å². The Morgan fingerprint density at radius 1 is 1.23 bits per heavy atom. The van der Waals surface area contributed by atoms with Gasteiger partial charge in [-0.05, 0) is 19.5 Å². The lowest BCUT2D eigenvalue weighted by atomic mass is 10.2. The minimum atomic E-state index is -0.555. The maximum atomic E-state index is 11.7. The lowest BCUT2D eigenvalue weighted by molar-refractivity contribution is 0.169. The molecule has 0 aliphatic heterocycles. The summed E-state index contributed by atoms with van der Waals surface area (Å²) in [4.78, 5) is 13.8. The Labute approximate surface area is 130 Å². The van der Waals surface area contributed by atoms with E-state index in [1.54, 1.807) is 11.5 Å². The molecule has 2 N–H and O–H groups in total. The molecule has 0 saturated heterocycles. The Bertz CT molecular complexity index is 665. The van der Waals surface area contributed by atoms with Crippen LogP contribution >= 0.6 is 0 Å². The van der Waals surface area contributed by atoms with Crippen molar-refractivity contribution in [2.24, 2.45) is 0 Å². The number of nitrogens with zero attached hydrogens (tertiary/aromatic N) is 2. The van der Waals surface area contributed by atoms with Crippen molar-refractivity contribution < 1.29 is 10.2 Å². The van der Waals surface area contributed by atoms with E-state index in [0.29, 0.717) is 13.1 Å². The quantitative estimate of drug-likeness (QED) is 0.850. The Kier molecular flexibility index (Phi) is 5.35. The van der Waals surface area contributed by atoms with Crippen molar-refractivity contribution in [3.8, 4) is 5.75 Å². The van der Waals surface area contributed by atoms with E-state index in [4.69, 9.17) is 0 Å². The van der Waals surface area contributed by atoms with Crippen LogP contribution in [0, 0.1) is 0 Å². The number of hydrogen-bond acceptors (Lipinski definition) is 4. The number of pyridine rings is 1. The summed E-state index contributed by atoms with van der Waals surface area (Å²) in [5, 5.41) is 19.1. The van der Waals surface area contributed by atoms with Crippen molar-refractivity contribution in [1.82, 2.24) is 9.47 Å². The zero-order valence-electron chi connectivity index (χ0n) is 12.9. The first-order valence-corrected chi connectivity index (χ1v) is 7.28. The maximum Gasteiger partial charge on any atom is 0.223 e. The second kappa shape index (κ2) is 7.24. The SMILES string of the molecule is CC(O)Cn1cc(O)c(=O)cc1CN(C)Cc1ccccc1. The highest BCUT2D eigenvalue weighted by Gasteiger charge is 2.10. The molecule has 1 heterocycles. The summed E-state index contributed by atoms with van der Waals surface area (Å²) in [6, 6.07) is 11.5. The molecule has 1 unspecified atom stereocenters. The zero-order valence-corrected chi connectivity index (χ0v) is 12.9. The number of aliphatic hydroxyl groups excluding tert-OH is 1. The summed E-state index contributed by atoms with van der Waals surface area (Å²) in [5.41, 5.74) is 1.56. The third kappa shape index (κ3) is 4.44. The summed E-state index contributed by atoms with van der Waals surface area (Å²) in [6.07, 6.45) is 0.834. The average molecular weight is 302 g/mol. The van der Waals surface area contributed by atoms with Gasteiger partial charge in [0, 0.05) is 31.4 Å². The van der Waals surface area contributed by atoms with Crippen LogP contribution in [0.4, 0.5) is 0 Å². The molecule has 0 spiro atoms. The fraction of sp³-hybridized carbons (Fsp3) is 0.353. The van der Waals surface area contributed by atoms with Crippen LogP contribution in [0.3, 0.4) is 0 Å². The van der Waals surface area contributed by atoms with Crippen molar-refractivity contribution in [2.75, 3.05) is 7.05 Å². The van der Waals surface area contributed by atoms with Gasteiger partial charge in [0.1, 0.15) is 0 Å². The molecule has 1 aromatic heterocycles. The van der Waals surface area contributed by atoms with Crippen LogP contribution < -0.4 is 5.43 Å². The Balaban J connectivity index is 2.17. The predicted octanol–water partition coefficient (Wildman–Crippen LogP) is 1.57. The summed E-state index contributed by atoms with van der Waals surface area (Å²) in [5.74, 6) is -0.296. The van der Waals surface area contributed by atoms with Crippen molar-refractivity contribution in [2.45, 2.75) is 32.7 Å². The molecule has 0 aliphatic rings. The van der Waals surface area contributed by atoms with E-state index in [9.17, 15) is 15.0 Å². The van der Waals surface area contributed by atoms with Gasteiger partial charge in [-0.2, -0.15) is 0 Å². The first-order valence-electron chi connectivity index (χ1n) is 7.28. The van der Waals surface area contributed by atoms with Gasteiger partial charge < -0.3 is 14.8 Å². The largest absolute Gasteiger partial charge is 0.503 e. The van der Waals surface area contributed by atoms with Crippen LogP contribution in [0.2, 0.25) is 0 Å². The molecule has 1 aromatic carbocycles. The van der Waals surface area contributed by atoms with Crippen LogP contribution in [-0.4, -0.2) is 32.8 Å². The molecule has 2 rings (SSSR count). The molecule has 22 heavy (non-hydrogen) atoms. The lowest BCUT2D eigenvalue weighted by Gasteiger charge is -2.21. The van der Waals surface area contributed by atoms with Gasteiger partial charge in [-0.25, -0.2) is 0 Å². The summed E-state index contributed by atoms with van der Waals surface area (Å²) in [7, 11) is 1.97. The van der Waals surface area contributed by atoms with E-state index in [1.165, 1.54) is 17.8 Å². The number of rotatable bonds is 6. The van der Waals surface area contributed by atoms with Crippen molar-refractivity contribution >= 4 is 0 Å². The molecule has 1 atom stereocenters. The Morgan fingerprint density at radius 3 is 2.55 bits per heavy atom. The van der Waals surface area contributed by atoms with Crippen LogP contribution in [0.1, 0.15) is 18.2 Å². The van der Waals surface area contributed by atoms with E-state index in [0.717, 1.165) is 12.2 Å². The Hall–Kier alpha value is -2.11. The minimum Gasteiger partial charge on any atom is -0.503 e. The van der Waals surface area contributed by atoms with Gasteiger partial charge in [-0.1, -0.05) is 30.3 Å². The normalized spacial score (nSPS) is 12.5. The summed E-state index contributed by atoms with van der Waals surface area (Å²) >= 11 is 0. The van der Waals surface area contributed by atoms with E-state index in [2.05, 4.69) is 17.0 Å². The molecular formula is C17H22N2O3. The van der Waals surface area contributed by atoms with E-state index in [-0.39, 0.29) is 5.75 Å².